The van der Waals surface area contributed by atoms with Gasteiger partial charge in [-0.1, -0.05) is 46.7 Å². The molecule has 0 aliphatic rings. The Balaban J connectivity index is 1.87. The summed E-state index contributed by atoms with van der Waals surface area (Å²) in [5, 5.41) is 11.2. The number of aromatic amines is 1. The zero-order valence-corrected chi connectivity index (χ0v) is 16.8. The molecule has 0 bridgehead atoms. The van der Waals surface area contributed by atoms with Crippen LogP contribution in [0.2, 0.25) is 10.0 Å². The quantitative estimate of drug-likeness (QED) is 0.523. The van der Waals surface area contributed by atoms with Crippen molar-refractivity contribution in [3.05, 3.63) is 62.0 Å². The second kappa shape index (κ2) is 8.18. The average Bonchev–Trinajstić information content (AvgIpc) is 3.02. The summed E-state index contributed by atoms with van der Waals surface area (Å²) in [6.45, 7) is 2.03. The van der Waals surface area contributed by atoms with Crippen LogP contribution in [0.5, 0.6) is 0 Å². The van der Waals surface area contributed by atoms with Gasteiger partial charge in [-0.25, -0.2) is 0 Å². The zero-order chi connectivity index (χ0) is 18.7. The second-order valence-corrected chi connectivity index (χ2v) is 7.98. The van der Waals surface area contributed by atoms with Gasteiger partial charge in [-0.2, -0.15) is 0 Å². The first-order valence-corrected chi connectivity index (χ1v) is 9.55. The van der Waals surface area contributed by atoms with Crippen LogP contribution in [0.3, 0.4) is 0 Å². The monoisotopic (exact) mass is 424 g/mol. The number of H-pyrrole nitrogens is 1. The third-order valence-electron chi connectivity index (χ3n) is 3.48. The summed E-state index contributed by atoms with van der Waals surface area (Å²) >= 11 is 18.5. The van der Waals surface area contributed by atoms with Crippen molar-refractivity contribution in [2.45, 2.75) is 6.92 Å². The first-order chi connectivity index (χ1) is 12.4. The number of halogens is 2. The SMILES string of the molecule is Cc1cccc(N(CC(=O)Nc2cc(Cl)ccc2Cl)c2n[nH]c(=S)s2)c1. The topological polar surface area (TPSA) is 61.0 Å². The molecule has 0 fully saturated rings. The number of nitrogens with one attached hydrogen (secondary N) is 2. The largest absolute Gasteiger partial charge is 0.323 e. The minimum Gasteiger partial charge on any atom is -0.323 e. The molecule has 0 unspecified atom stereocenters. The van der Waals surface area contributed by atoms with Gasteiger partial charge in [0.1, 0.15) is 6.54 Å². The van der Waals surface area contributed by atoms with Gasteiger partial charge in [-0.15, -0.1) is 5.10 Å². The van der Waals surface area contributed by atoms with E-state index in [1.165, 1.54) is 11.3 Å². The molecule has 5 nitrogen and oxygen atoms in total. The van der Waals surface area contributed by atoms with E-state index in [0.29, 0.717) is 24.8 Å². The molecule has 1 aromatic heterocycles. The Kier molecular flexibility index (Phi) is 5.93. The summed E-state index contributed by atoms with van der Waals surface area (Å²) < 4.78 is 0.538. The van der Waals surface area contributed by atoms with Gasteiger partial charge in [0.15, 0.2) is 3.95 Å². The molecule has 2 N–H and O–H groups in total. The molecule has 0 aliphatic heterocycles. The van der Waals surface area contributed by atoms with Gasteiger partial charge in [0.25, 0.3) is 0 Å². The van der Waals surface area contributed by atoms with E-state index in [1.54, 1.807) is 23.1 Å². The Morgan fingerprint density at radius 3 is 2.81 bits per heavy atom. The van der Waals surface area contributed by atoms with Gasteiger partial charge >= 0.3 is 0 Å². The summed E-state index contributed by atoms with van der Waals surface area (Å²) in [5.74, 6) is -0.253. The molecule has 3 rings (SSSR count). The molecule has 0 spiro atoms. The maximum absolute atomic E-state index is 12.6. The molecule has 134 valence electrons. The molecule has 2 aromatic carbocycles. The van der Waals surface area contributed by atoms with Crippen LogP contribution in [-0.2, 0) is 4.79 Å². The van der Waals surface area contributed by atoms with Crippen molar-refractivity contribution in [1.82, 2.24) is 10.2 Å². The second-order valence-electron chi connectivity index (χ2n) is 5.49. The molecule has 26 heavy (non-hydrogen) atoms. The Morgan fingerprint density at radius 2 is 2.12 bits per heavy atom. The van der Waals surface area contributed by atoms with Crippen LogP contribution in [0.1, 0.15) is 5.56 Å². The average molecular weight is 425 g/mol. The number of carbonyl (C=O) groups excluding carboxylic acids is 1. The number of aromatic nitrogens is 2. The summed E-state index contributed by atoms with van der Waals surface area (Å²) in [6.07, 6.45) is 0. The fourth-order valence-electron chi connectivity index (χ4n) is 2.33. The van der Waals surface area contributed by atoms with Crippen molar-refractivity contribution in [2.75, 3.05) is 16.8 Å². The molecule has 0 saturated carbocycles. The molecule has 0 atom stereocenters. The Morgan fingerprint density at radius 1 is 1.31 bits per heavy atom. The van der Waals surface area contributed by atoms with E-state index >= 15 is 0 Å². The molecule has 1 amide bonds. The summed E-state index contributed by atoms with van der Waals surface area (Å²) in [6, 6.07) is 12.7. The van der Waals surface area contributed by atoms with E-state index in [0.717, 1.165) is 11.3 Å². The Labute approximate surface area is 169 Å². The van der Waals surface area contributed by atoms with Crippen molar-refractivity contribution >= 4 is 69.2 Å². The van der Waals surface area contributed by atoms with Crippen LogP contribution in [0.4, 0.5) is 16.5 Å². The van der Waals surface area contributed by atoms with Crippen LogP contribution in [-0.4, -0.2) is 22.6 Å². The number of aryl methyl sites for hydroxylation is 1. The van der Waals surface area contributed by atoms with E-state index in [4.69, 9.17) is 35.4 Å². The third kappa shape index (κ3) is 4.62. The standard InChI is InChI=1S/C17H14Cl2N4OS2/c1-10-3-2-4-12(7-10)23(16-21-22-17(25)26-16)9-15(24)20-14-8-11(18)5-6-13(14)19/h2-8H,9H2,1H3,(H,20,24)(H,22,25). The van der Waals surface area contributed by atoms with E-state index in [9.17, 15) is 4.79 Å². The summed E-state index contributed by atoms with van der Waals surface area (Å²) in [7, 11) is 0. The molecular weight excluding hydrogens is 411 g/mol. The third-order valence-corrected chi connectivity index (χ3v) is 5.15. The highest BCUT2D eigenvalue weighted by molar-refractivity contribution is 7.73. The maximum atomic E-state index is 12.6. The smallest absolute Gasteiger partial charge is 0.244 e. The molecule has 1 heterocycles. The molecule has 3 aromatic rings. The maximum Gasteiger partial charge on any atom is 0.244 e. The lowest BCUT2D eigenvalue weighted by Gasteiger charge is -2.21. The van der Waals surface area contributed by atoms with Crippen LogP contribution >= 0.6 is 46.8 Å². The van der Waals surface area contributed by atoms with E-state index in [1.807, 2.05) is 31.2 Å². The minimum absolute atomic E-state index is 0.0441. The lowest BCUT2D eigenvalue weighted by Crippen LogP contribution is -2.30. The minimum atomic E-state index is -0.253. The Hall–Kier alpha value is -1.93. The van der Waals surface area contributed by atoms with Crippen molar-refractivity contribution < 1.29 is 4.79 Å². The van der Waals surface area contributed by atoms with Crippen molar-refractivity contribution in [3.8, 4) is 0 Å². The first-order valence-electron chi connectivity index (χ1n) is 7.57. The van der Waals surface area contributed by atoms with Crippen molar-refractivity contribution in [3.63, 3.8) is 0 Å². The molecule has 0 saturated heterocycles. The van der Waals surface area contributed by atoms with Gasteiger partial charge in [0.2, 0.25) is 11.0 Å². The number of anilines is 3. The number of rotatable bonds is 5. The van der Waals surface area contributed by atoms with E-state index in [-0.39, 0.29) is 12.5 Å². The predicted molar refractivity (Wildman–Crippen MR) is 111 cm³/mol. The number of carbonyl (C=O) groups is 1. The number of nitrogens with zero attached hydrogens (tertiary/aromatic N) is 2. The van der Waals surface area contributed by atoms with Gasteiger partial charge in [-0.3, -0.25) is 9.89 Å². The molecular formula is C17H14Cl2N4OS2. The fraction of sp³-hybridized carbons (Fsp3) is 0.118. The van der Waals surface area contributed by atoms with Crippen LogP contribution in [0.15, 0.2) is 42.5 Å². The summed E-state index contributed by atoms with van der Waals surface area (Å²) in [4.78, 5) is 14.4. The predicted octanol–water partition coefficient (Wildman–Crippen LogP) is 5.59. The van der Waals surface area contributed by atoms with E-state index in [2.05, 4.69) is 15.5 Å². The van der Waals surface area contributed by atoms with Gasteiger partial charge in [0.05, 0.1) is 10.7 Å². The highest BCUT2D eigenvalue weighted by Gasteiger charge is 2.18. The normalized spacial score (nSPS) is 10.6. The van der Waals surface area contributed by atoms with Crippen LogP contribution in [0.25, 0.3) is 0 Å². The number of benzene rings is 2. The van der Waals surface area contributed by atoms with Gasteiger partial charge < -0.3 is 10.2 Å². The van der Waals surface area contributed by atoms with Crippen molar-refractivity contribution in [2.24, 2.45) is 0 Å². The lowest BCUT2D eigenvalue weighted by molar-refractivity contribution is -0.114. The molecule has 9 heteroatoms. The van der Waals surface area contributed by atoms with Crippen LogP contribution < -0.4 is 10.2 Å². The van der Waals surface area contributed by atoms with Gasteiger partial charge in [-0.05, 0) is 55.0 Å². The molecule has 0 aliphatic carbocycles. The number of hydrogen-bond acceptors (Lipinski definition) is 5. The highest BCUT2D eigenvalue weighted by atomic mass is 35.5. The summed E-state index contributed by atoms with van der Waals surface area (Å²) in [5.41, 5.74) is 2.38. The molecule has 0 radical (unpaired) electrons. The lowest BCUT2D eigenvalue weighted by atomic mass is 10.2. The van der Waals surface area contributed by atoms with Crippen molar-refractivity contribution in [1.29, 1.82) is 0 Å². The fourth-order valence-corrected chi connectivity index (χ4v) is 3.56. The van der Waals surface area contributed by atoms with E-state index < -0.39 is 0 Å². The Bertz CT molecular complexity index is 1000. The first kappa shape index (κ1) is 18.8. The van der Waals surface area contributed by atoms with Crippen LogP contribution in [0, 0.1) is 10.9 Å². The zero-order valence-electron chi connectivity index (χ0n) is 13.6. The number of amides is 1. The van der Waals surface area contributed by atoms with Gasteiger partial charge in [0, 0.05) is 10.7 Å². The number of hydrogen-bond donors (Lipinski definition) is 2. The highest BCUT2D eigenvalue weighted by Crippen LogP contribution is 2.29.